The number of aldehydes is 1. The van der Waals surface area contributed by atoms with Gasteiger partial charge in [0.15, 0.2) is 0 Å². The van der Waals surface area contributed by atoms with E-state index in [2.05, 4.69) is 15.3 Å². The summed E-state index contributed by atoms with van der Waals surface area (Å²) in [4.78, 5) is 34.4. The van der Waals surface area contributed by atoms with Crippen LogP contribution in [0.5, 0.6) is 0 Å². The van der Waals surface area contributed by atoms with Crippen LogP contribution in [0.2, 0.25) is 0 Å². The molecule has 2 heterocycles. The first-order valence-electron chi connectivity index (χ1n) is 10.00. The molecule has 7 nitrogen and oxygen atoms in total. The number of hydrogen-bond acceptors (Lipinski definition) is 5. The van der Waals surface area contributed by atoms with Crippen LogP contribution in [0.25, 0.3) is 17.0 Å². The molecular weight excluding hydrogens is 366 g/mol. The number of aromatic nitrogens is 3. The van der Waals surface area contributed by atoms with Crippen LogP contribution in [-0.2, 0) is 4.79 Å². The molecule has 3 aromatic rings. The van der Waals surface area contributed by atoms with Crippen molar-refractivity contribution >= 4 is 18.0 Å². The number of nitrogens with one attached hydrogen (secondary N) is 1. The Morgan fingerprint density at radius 2 is 2.03 bits per heavy atom. The van der Waals surface area contributed by atoms with E-state index in [1.807, 2.05) is 59.1 Å². The summed E-state index contributed by atoms with van der Waals surface area (Å²) in [6, 6.07) is 9.39. The number of nitrogens with zero attached hydrogens (tertiary/aromatic N) is 4. The Kier molecular flexibility index (Phi) is 5.40. The summed E-state index contributed by atoms with van der Waals surface area (Å²) in [5.41, 5.74) is 2.03. The van der Waals surface area contributed by atoms with Gasteiger partial charge in [-0.3, -0.25) is 14.5 Å². The van der Waals surface area contributed by atoms with Crippen molar-refractivity contribution in [1.29, 1.82) is 0 Å². The summed E-state index contributed by atoms with van der Waals surface area (Å²) in [5, 5.41) is 3.45. The van der Waals surface area contributed by atoms with Gasteiger partial charge in [-0.2, -0.15) is 0 Å². The summed E-state index contributed by atoms with van der Waals surface area (Å²) in [6.07, 6.45) is 10.9. The largest absolute Gasteiger partial charge is 0.323 e. The molecule has 1 aromatic carbocycles. The van der Waals surface area contributed by atoms with Crippen molar-refractivity contribution in [2.45, 2.75) is 37.8 Å². The van der Waals surface area contributed by atoms with E-state index in [1.165, 1.54) is 0 Å². The van der Waals surface area contributed by atoms with Crippen molar-refractivity contribution in [3.05, 3.63) is 54.5 Å². The lowest BCUT2D eigenvalue weighted by molar-refractivity contribution is -0.107. The van der Waals surface area contributed by atoms with Gasteiger partial charge in [0.05, 0.1) is 11.4 Å². The lowest BCUT2D eigenvalue weighted by atomic mass is 10.0. The zero-order chi connectivity index (χ0) is 20.3. The molecule has 1 aliphatic rings. The van der Waals surface area contributed by atoms with E-state index in [-0.39, 0.29) is 11.6 Å². The molecule has 1 saturated carbocycles. The van der Waals surface area contributed by atoms with Gasteiger partial charge in [0.1, 0.15) is 6.29 Å². The summed E-state index contributed by atoms with van der Waals surface area (Å²) in [6.45, 7) is 0.585. The Balaban J connectivity index is 1.53. The molecule has 29 heavy (non-hydrogen) atoms. The van der Waals surface area contributed by atoms with Crippen molar-refractivity contribution in [2.75, 3.05) is 13.6 Å². The SMILES string of the molecule is CN(C(=O)c1ccc(-c2cn3cccnc3n2)cc1)C1(NCCC=O)CCCC1. The topological polar surface area (TPSA) is 79.6 Å². The molecule has 0 aliphatic heterocycles. The molecule has 7 heteroatoms. The Morgan fingerprint density at radius 1 is 1.28 bits per heavy atom. The maximum absolute atomic E-state index is 13.1. The molecule has 1 fully saturated rings. The second-order valence-corrected chi connectivity index (χ2v) is 7.52. The number of imidazole rings is 1. The average Bonchev–Trinajstić information content (AvgIpc) is 3.41. The lowest BCUT2D eigenvalue weighted by Gasteiger charge is -2.40. The minimum Gasteiger partial charge on any atom is -0.323 e. The summed E-state index contributed by atoms with van der Waals surface area (Å²) in [7, 11) is 1.85. The Hall–Kier alpha value is -3.06. The highest BCUT2D eigenvalue weighted by atomic mass is 16.2. The molecule has 0 bridgehead atoms. The molecule has 0 unspecified atom stereocenters. The first-order valence-corrected chi connectivity index (χ1v) is 10.00. The van der Waals surface area contributed by atoms with Crippen molar-refractivity contribution in [1.82, 2.24) is 24.6 Å². The highest BCUT2D eigenvalue weighted by Gasteiger charge is 2.39. The van der Waals surface area contributed by atoms with Crippen molar-refractivity contribution in [3.63, 3.8) is 0 Å². The molecule has 0 spiro atoms. The lowest BCUT2D eigenvalue weighted by Crippen LogP contribution is -2.57. The van der Waals surface area contributed by atoms with E-state index in [9.17, 15) is 9.59 Å². The van der Waals surface area contributed by atoms with E-state index >= 15 is 0 Å². The fourth-order valence-electron chi connectivity index (χ4n) is 4.10. The van der Waals surface area contributed by atoms with Crippen LogP contribution in [0.15, 0.2) is 48.9 Å². The average molecular weight is 391 g/mol. The fourth-order valence-corrected chi connectivity index (χ4v) is 4.10. The number of amides is 1. The van der Waals surface area contributed by atoms with E-state index in [1.54, 1.807) is 6.20 Å². The molecular formula is C22H25N5O2. The third kappa shape index (κ3) is 3.78. The predicted molar refractivity (Wildman–Crippen MR) is 110 cm³/mol. The highest BCUT2D eigenvalue weighted by Crippen LogP contribution is 2.33. The first-order chi connectivity index (χ1) is 14.1. The Labute approximate surface area is 169 Å². The zero-order valence-electron chi connectivity index (χ0n) is 16.5. The monoisotopic (exact) mass is 391 g/mol. The van der Waals surface area contributed by atoms with E-state index in [4.69, 9.17) is 0 Å². The van der Waals surface area contributed by atoms with Gasteiger partial charge in [0.2, 0.25) is 5.78 Å². The second kappa shape index (κ2) is 8.13. The van der Waals surface area contributed by atoms with Gasteiger partial charge in [0, 0.05) is 49.7 Å². The van der Waals surface area contributed by atoms with Gasteiger partial charge in [-0.15, -0.1) is 0 Å². The van der Waals surface area contributed by atoms with Gasteiger partial charge in [-0.05, 0) is 43.9 Å². The van der Waals surface area contributed by atoms with Gasteiger partial charge in [-0.25, -0.2) is 9.97 Å². The zero-order valence-corrected chi connectivity index (χ0v) is 16.5. The Morgan fingerprint density at radius 3 is 2.72 bits per heavy atom. The number of rotatable bonds is 7. The normalized spacial score (nSPS) is 15.5. The molecule has 1 aliphatic carbocycles. The van der Waals surface area contributed by atoms with Crippen LogP contribution in [0.1, 0.15) is 42.5 Å². The number of hydrogen-bond donors (Lipinski definition) is 1. The van der Waals surface area contributed by atoms with Crippen LogP contribution < -0.4 is 5.32 Å². The molecule has 150 valence electrons. The fraction of sp³-hybridized carbons (Fsp3) is 0.364. The standard InChI is InChI=1S/C22H25N5O2/c1-26(22(10-2-3-11-22)24-13-5-15-28)20(29)18-8-6-17(7-9-18)19-16-27-14-4-12-23-21(27)25-19/h4,6-9,12,14-16,24H,2-3,5,10-11,13H2,1H3. The summed E-state index contributed by atoms with van der Waals surface area (Å²) in [5.74, 6) is 0.626. The van der Waals surface area contributed by atoms with E-state index in [0.717, 1.165) is 43.2 Å². The molecule has 0 saturated heterocycles. The molecule has 4 rings (SSSR count). The molecule has 0 radical (unpaired) electrons. The van der Waals surface area contributed by atoms with Crippen LogP contribution in [-0.4, -0.2) is 50.7 Å². The Bertz CT molecular complexity index is 972. The highest BCUT2D eigenvalue weighted by molar-refractivity contribution is 5.95. The van der Waals surface area contributed by atoms with Gasteiger partial charge >= 0.3 is 0 Å². The quantitative estimate of drug-likeness (QED) is 0.381. The van der Waals surface area contributed by atoms with E-state index < -0.39 is 0 Å². The van der Waals surface area contributed by atoms with Crippen LogP contribution >= 0.6 is 0 Å². The molecule has 1 amide bonds. The number of carbonyl (C=O) groups is 2. The number of benzene rings is 1. The van der Waals surface area contributed by atoms with Gasteiger partial charge < -0.3 is 9.69 Å². The van der Waals surface area contributed by atoms with Gasteiger partial charge in [0.25, 0.3) is 5.91 Å². The number of carbonyl (C=O) groups excluding carboxylic acids is 2. The van der Waals surface area contributed by atoms with Gasteiger partial charge in [-0.1, -0.05) is 12.1 Å². The summed E-state index contributed by atoms with van der Waals surface area (Å²) >= 11 is 0. The molecule has 1 N–H and O–H groups in total. The predicted octanol–water partition coefficient (Wildman–Crippen LogP) is 2.92. The molecule has 0 atom stereocenters. The maximum atomic E-state index is 13.1. The van der Waals surface area contributed by atoms with Crippen molar-refractivity contribution in [2.24, 2.45) is 0 Å². The van der Waals surface area contributed by atoms with Crippen LogP contribution in [0, 0.1) is 0 Å². The van der Waals surface area contributed by atoms with Crippen LogP contribution in [0.4, 0.5) is 0 Å². The third-order valence-corrected chi connectivity index (χ3v) is 5.76. The van der Waals surface area contributed by atoms with Crippen molar-refractivity contribution in [3.8, 4) is 11.3 Å². The van der Waals surface area contributed by atoms with Crippen LogP contribution in [0.3, 0.4) is 0 Å². The minimum atomic E-state index is -0.369. The first kappa shape index (κ1) is 19.3. The summed E-state index contributed by atoms with van der Waals surface area (Å²) < 4.78 is 1.87. The minimum absolute atomic E-state index is 0.0197. The number of fused-ring (bicyclic) bond motifs is 1. The maximum Gasteiger partial charge on any atom is 0.255 e. The van der Waals surface area contributed by atoms with Crippen molar-refractivity contribution < 1.29 is 9.59 Å². The third-order valence-electron chi connectivity index (χ3n) is 5.76. The molecule has 2 aromatic heterocycles. The van der Waals surface area contributed by atoms with E-state index in [0.29, 0.717) is 24.3 Å². The smallest absolute Gasteiger partial charge is 0.255 e. The second-order valence-electron chi connectivity index (χ2n) is 7.52.